The average Bonchev–Trinajstić information content (AvgIpc) is 3.50. The van der Waals surface area contributed by atoms with Gasteiger partial charge in [0.25, 0.3) is 5.91 Å². The van der Waals surface area contributed by atoms with Crippen LogP contribution in [0.3, 0.4) is 0 Å². The van der Waals surface area contributed by atoms with Gasteiger partial charge in [0.2, 0.25) is 11.8 Å². The van der Waals surface area contributed by atoms with Gasteiger partial charge in [0.15, 0.2) is 0 Å². The Morgan fingerprint density at radius 1 is 1.08 bits per heavy atom. The number of piperidine rings is 1. The first kappa shape index (κ1) is 18.4. The number of benzene rings is 1. The van der Waals surface area contributed by atoms with E-state index in [1.54, 1.807) is 12.1 Å². The Hall–Kier alpha value is -2.37. The first-order valence-electron chi connectivity index (χ1n) is 9.52. The van der Waals surface area contributed by atoms with E-state index in [4.69, 9.17) is 0 Å². The topological polar surface area (TPSA) is 78.5 Å². The number of nitrogens with zero attached hydrogens (tertiary/aromatic N) is 1. The molecule has 2 fully saturated rings. The first-order chi connectivity index (χ1) is 12.6. The second kappa shape index (κ2) is 8.34. The Morgan fingerprint density at radius 2 is 1.73 bits per heavy atom. The maximum absolute atomic E-state index is 12.7. The fraction of sp³-hybridized carbons (Fsp3) is 0.550. The molecule has 0 aromatic heterocycles. The van der Waals surface area contributed by atoms with Crippen LogP contribution in [0.4, 0.5) is 0 Å². The Kier molecular flexibility index (Phi) is 5.91. The van der Waals surface area contributed by atoms with Gasteiger partial charge in [-0.2, -0.15) is 0 Å². The van der Waals surface area contributed by atoms with Crippen molar-refractivity contribution in [2.24, 2.45) is 5.92 Å². The van der Waals surface area contributed by atoms with E-state index in [9.17, 15) is 14.4 Å². The minimum absolute atomic E-state index is 0.0438. The largest absolute Gasteiger partial charge is 0.352 e. The van der Waals surface area contributed by atoms with Gasteiger partial charge in [0.1, 0.15) is 6.04 Å². The minimum Gasteiger partial charge on any atom is -0.352 e. The summed E-state index contributed by atoms with van der Waals surface area (Å²) in [6, 6.07) is 8.66. The number of carbonyl (C=O) groups is 3. The molecule has 1 heterocycles. The molecule has 6 heteroatoms. The summed E-state index contributed by atoms with van der Waals surface area (Å²) in [5.41, 5.74) is 0.551. The zero-order valence-electron chi connectivity index (χ0n) is 15.2. The van der Waals surface area contributed by atoms with Crippen LogP contribution >= 0.6 is 0 Å². The molecule has 0 unspecified atom stereocenters. The smallest absolute Gasteiger partial charge is 0.251 e. The fourth-order valence-electron chi connectivity index (χ4n) is 3.44. The van der Waals surface area contributed by atoms with E-state index in [1.807, 2.05) is 30.0 Å². The van der Waals surface area contributed by atoms with Crippen molar-refractivity contribution in [1.82, 2.24) is 15.5 Å². The van der Waals surface area contributed by atoms with Crippen molar-refractivity contribution in [3.05, 3.63) is 35.9 Å². The third-order valence-corrected chi connectivity index (χ3v) is 5.19. The van der Waals surface area contributed by atoms with Crippen LogP contribution in [-0.4, -0.2) is 47.8 Å². The molecule has 1 aliphatic carbocycles. The Labute approximate surface area is 154 Å². The number of carbonyl (C=O) groups excluding carboxylic acids is 3. The quantitative estimate of drug-likeness (QED) is 0.814. The maximum Gasteiger partial charge on any atom is 0.251 e. The lowest BCUT2D eigenvalue weighted by molar-refractivity contribution is -0.132. The molecule has 3 rings (SSSR count). The predicted molar refractivity (Wildman–Crippen MR) is 98.5 cm³/mol. The molecule has 1 aromatic rings. The highest BCUT2D eigenvalue weighted by atomic mass is 16.2. The van der Waals surface area contributed by atoms with E-state index < -0.39 is 6.04 Å². The SMILES string of the molecule is CCC(=O)N1CCC([C@H](NC(=O)c2ccccc2)C(=O)NC2CC2)CC1. The van der Waals surface area contributed by atoms with E-state index in [0.717, 1.165) is 25.7 Å². The van der Waals surface area contributed by atoms with Gasteiger partial charge in [-0.3, -0.25) is 14.4 Å². The van der Waals surface area contributed by atoms with Gasteiger partial charge in [-0.05, 0) is 43.7 Å². The summed E-state index contributed by atoms with van der Waals surface area (Å²) in [7, 11) is 0. The van der Waals surface area contributed by atoms with Crippen LogP contribution in [0.5, 0.6) is 0 Å². The Bertz CT molecular complexity index is 650. The summed E-state index contributed by atoms with van der Waals surface area (Å²) in [5, 5.41) is 5.96. The molecule has 0 spiro atoms. The zero-order valence-corrected chi connectivity index (χ0v) is 15.2. The standard InChI is InChI=1S/C20H27N3O3/c1-2-17(24)23-12-10-14(11-13-23)18(20(26)21-16-8-9-16)22-19(25)15-6-4-3-5-7-15/h3-7,14,16,18H,2,8-13H2,1H3,(H,21,26)(H,22,25)/t18-/m0/s1. The molecule has 1 atom stereocenters. The molecule has 140 valence electrons. The molecule has 1 saturated heterocycles. The number of nitrogens with one attached hydrogen (secondary N) is 2. The van der Waals surface area contributed by atoms with E-state index >= 15 is 0 Å². The van der Waals surface area contributed by atoms with Crippen LogP contribution in [0.25, 0.3) is 0 Å². The number of likely N-dealkylation sites (tertiary alicyclic amines) is 1. The monoisotopic (exact) mass is 357 g/mol. The highest BCUT2D eigenvalue weighted by Gasteiger charge is 2.36. The average molecular weight is 357 g/mol. The molecule has 0 bridgehead atoms. The molecule has 3 amide bonds. The van der Waals surface area contributed by atoms with E-state index in [-0.39, 0.29) is 29.7 Å². The van der Waals surface area contributed by atoms with Gasteiger partial charge in [-0.15, -0.1) is 0 Å². The van der Waals surface area contributed by atoms with Gasteiger partial charge >= 0.3 is 0 Å². The number of hydrogen-bond donors (Lipinski definition) is 2. The summed E-state index contributed by atoms with van der Waals surface area (Å²) in [6.45, 7) is 3.15. The second-order valence-electron chi connectivity index (χ2n) is 7.17. The van der Waals surface area contributed by atoms with Gasteiger partial charge in [0.05, 0.1) is 0 Å². The van der Waals surface area contributed by atoms with Gasteiger partial charge < -0.3 is 15.5 Å². The molecule has 26 heavy (non-hydrogen) atoms. The molecule has 2 aliphatic rings. The summed E-state index contributed by atoms with van der Waals surface area (Å²) in [5.74, 6) is -0.135. The minimum atomic E-state index is -0.554. The Balaban J connectivity index is 1.66. The highest BCUT2D eigenvalue weighted by Crippen LogP contribution is 2.24. The second-order valence-corrected chi connectivity index (χ2v) is 7.17. The fourth-order valence-corrected chi connectivity index (χ4v) is 3.44. The van der Waals surface area contributed by atoms with Crippen molar-refractivity contribution >= 4 is 17.7 Å². The van der Waals surface area contributed by atoms with Crippen LogP contribution < -0.4 is 10.6 Å². The highest BCUT2D eigenvalue weighted by molar-refractivity contribution is 5.97. The third-order valence-electron chi connectivity index (χ3n) is 5.19. The molecule has 1 aromatic carbocycles. The third kappa shape index (κ3) is 4.62. The molecule has 1 aliphatic heterocycles. The summed E-state index contributed by atoms with van der Waals surface area (Å²) in [6.07, 6.45) is 3.97. The molecule has 1 saturated carbocycles. The summed E-state index contributed by atoms with van der Waals surface area (Å²) >= 11 is 0. The van der Waals surface area contributed by atoms with Gasteiger partial charge in [-0.1, -0.05) is 25.1 Å². The molecular weight excluding hydrogens is 330 g/mol. The summed E-state index contributed by atoms with van der Waals surface area (Å²) in [4.78, 5) is 39.0. The lowest BCUT2D eigenvalue weighted by Crippen LogP contribution is -2.54. The van der Waals surface area contributed by atoms with Crippen molar-refractivity contribution in [1.29, 1.82) is 0 Å². The van der Waals surface area contributed by atoms with Crippen molar-refractivity contribution in [3.63, 3.8) is 0 Å². The Morgan fingerprint density at radius 3 is 2.31 bits per heavy atom. The first-order valence-corrected chi connectivity index (χ1v) is 9.52. The number of amides is 3. The lowest BCUT2D eigenvalue weighted by Gasteiger charge is -2.35. The predicted octanol–water partition coefficient (Wildman–Crippen LogP) is 1.71. The maximum atomic E-state index is 12.7. The zero-order chi connectivity index (χ0) is 18.5. The van der Waals surface area contributed by atoms with E-state index in [0.29, 0.717) is 25.1 Å². The van der Waals surface area contributed by atoms with E-state index in [2.05, 4.69) is 10.6 Å². The van der Waals surface area contributed by atoms with Gasteiger partial charge in [-0.25, -0.2) is 0 Å². The van der Waals surface area contributed by atoms with Crippen LogP contribution in [0.2, 0.25) is 0 Å². The summed E-state index contributed by atoms with van der Waals surface area (Å²) < 4.78 is 0. The van der Waals surface area contributed by atoms with E-state index in [1.165, 1.54) is 0 Å². The number of hydrogen-bond acceptors (Lipinski definition) is 3. The van der Waals surface area contributed by atoms with Crippen molar-refractivity contribution in [2.75, 3.05) is 13.1 Å². The molecule has 0 radical (unpaired) electrons. The van der Waals surface area contributed by atoms with Gasteiger partial charge in [0, 0.05) is 31.1 Å². The molecule has 6 nitrogen and oxygen atoms in total. The van der Waals surface area contributed by atoms with Crippen LogP contribution in [-0.2, 0) is 9.59 Å². The lowest BCUT2D eigenvalue weighted by atomic mass is 9.88. The van der Waals surface area contributed by atoms with Crippen LogP contribution in [0, 0.1) is 5.92 Å². The van der Waals surface area contributed by atoms with Crippen molar-refractivity contribution in [2.45, 2.75) is 51.1 Å². The molecular formula is C20H27N3O3. The number of rotatable bonds is 6. The van der Waals surface area contributed by atoms with Crippen molar-refractivity contribution in [3.8, 4) is 0 Å². The molecule has 2 N–H and O–H groups in total. The van der Waals surface area contributed by atoms with Crippen LogP contribution in [0.15, 0.2) is 30.3 Å². The normalized spacial score (nSPS) is 18.9. The van der Waals surface area contributed by atoms with Crippen LogP contribution in [0.1, 0.15) is 49.4 Å². The van der Waals surface area contributed by atoms with Crippen molar-refractivity contribution < 1.29 is 14.4 Å².